The number of nitrogens with zero attached hydrogens (tertiary/aromatic N) is 1. The minimum absolute atomic E-state index is 0.0899. The zero-order chi connectivity index (χ0) is 14.1. The van der Waals surface area contributed by atoms with Crippen LogP contribution >= 0.6 is 22.9 Å². The summed E-state index contributed by atoms with van der Waals surface area (Å²) >= 11 is 7.96. The van der Waals surface area contributed by atoms with E-state index in [4.69, 9.17) is 11.6 Å². The summed E-state index contributed by atoms with van der Waals surface area (Å²) in [5.74, 6) is 0.101. The highest BCUT2D eigenvalue weighted by atomic mass is 35.5. The van der Waals surface area contributed by atoms with Crippen LogP contribution in [0, 0.1) is 0 Å². The zero-order valence-corrected chi connectivity index (χ0v) is 13.1. The number of fused-ring (bicyclic) bond motifs is 1. The number of amides is 1. The van der Waals surface area contributed by atoms with Gasteiger partial charge in [0.15, 0.2) is 0 Å². The van der Waals surface area contributed by atoms with Crippen LogP contribution in [0.15, 0.2) is 30.3 Å². The standard InChI is InChI=1S/C16H18ClNOS/c1-18(13-8-4-3-7-12(13)17)16(19)15-10-11-6-2-5-9-14(11)20-15/h2,5-6,9-10,12-13H,3-4,7-8H2,1H3. The number of hydrogen-bond donors (Lipinski definition) is 0. The molecule has 1 heterocycles. The fourth-order valence-electron chi connectivity index (χ4n) is 2.91. The van der Waals surface area contributed by atoms with Crippen molar-refractivity contribution in [2.75, 3.05) is 7.05 Å². The Morgan fingerprint density at radius 2 is 2.05 bits per heavy atom. The van der Waals surface area contributed by atoms with Crippen molar-refractivity contribution in [3.63, 3.8) is 0 Å². The van der Waals surface area contributed by atoms with Crippen molar-refractivity contribution < 1.29 is 4.79 Å². The van der Waals surface area contributed by atoms with Crippen LogP contribution in [0.25, 0.3) is 10.1 Å². The van der Waals surface area contributed by atoms with Gasteiger partial charge in [0.05, 0.1) is 10.3 Å². The second-order valence-electron chi connectivity index (χ2n) is 5.43. The summed E-state index contributed by atoms with van der Waals surface area (Å²) in [6.07, 6.45) is 4.37. The lowest BCUT2D eigenvalue weighted by Crippen LogP contribution is -2.44. The monoisotopic (exact) mass is 307 g/mol. The van der Waals surface area contributed by atoms with Gasteiger partial charge in [0.2, 0.25) is 0 Å². The summed E-state index contributed by atoms with van der Waals surface area (Å²) in [6, 6.07) is 10.3. The number of halogens is 1. The molecule has 1 saturated carbocycles. The summed E-state index contributed by atoms with van der Waals surface area (Å²) < 4.78 is 1.16. The molecular formula is C16H18ClNOS. The van der Waals surface area contributed by atoms with Crippen molar-refractivity contribution in [1.29, 1.82) is 0 Å². The van der Waals surface area contributed by atoms with Gasteiger partial charge in [0.25, 0.3) is 5.91 Å². The SMILES string of the molecule is CN(C(=O)c1cc2ccccc2s1)C1CCCCC1Cl. The molecule has 20 heavy (non-hydrogen) atoms. The molecule has 2 atom stereocenters. The van der Waals surface area contributed by atoms with E-state index in [0.717, 1.165) is 34.2 Å². The minimum Gasteiger partial charge on any atom is -0.337 e. The Morgan fingerprint density at radius 3 is 2.80 bits per heavy atom. The predicted octanol–water partition coefficient (Wildman–Crippen LogP) is 4.52. The van der Waals surface area contributed by atoms with Gasteiger partial charge in [0, 0.05) is 17.8 Å². The summed E-state index contributed by atoms with van der Waals surface area (Å²) in [4.78, 5) is 15.3. The molecule has 0 bridgehead atoms. The molecular weight excluding hydrogens is 290 g/mol. The van der Waals surface area contributed by atoms with E-state index in [1.807, 2.05) is 36.2 Å². The number of benzene rings is 1. The average molecular weight is 308 g/mol. The van der Waals surface area contributed by atoms with Gasteiger partial charge in [-0.15, -0.1) is 22.9 Å². The lowest BCUT2D eigenvalue weighted by Gasteiger charge is -2.34. The molecule has 0 aliphatic heterocycles. The maximum Gasteiger partial charge on any atom is 0.264 e. The maximum absolute atomic E-state index is 12.6. The number of alkyl halides is 1. The van der Waals surface area contributed by atoms with Crippen molar-refractivity contribution in [2.24, 2.45) is 0 Å². The Kier molecular flexibility index (Phi) is 3.99. The fourth-order valence-corrected chi connectivity index (χ4v) is 4.41. The molecule has 0 spiro atoms. The molecule has 1 aliphatic rings. The van der Waals surface area contributed by atoms with Crippen LogP contribution in [-0.2, 0) is 0 Å². The number of thiophene rings is 1. The summed E-state index contributed by atoms with van der Waals surface area (Å²) in [5.41, 5.74) is 0. The lowest BCUT2D eigenvalue weighted by atomic mass is 9.94. The van der Waals surface area contributed by atoms with Gasteiger partial charge < -0.3 is 4.90 Å². The van der Waals surface area contributed by atoms with Crippen molar-refractivity contribution in [3.05, 3.63) is 35.2 Å². The smallest absolute Gasteiger partial charge is 0.264 e. The lowest BCUT2D eigenvalue weighted by molar-refractivity contribution is 0.0705. The molecule has 4 heteroatoms. The molecule has 2 unspecified atom stereocenters. The Balaban J connectivity index is 1.83. The van der Waals surface area contributed by atoms with E-state index >= 15 is 0 Å². The van der Waals surface area contributed by atoms with Crippen LogP contribution < -0.4 is 0 Å². The van der Waals surface area contributed by atoms with Crippen molar-refractivity contribution in [3.8, 4) is 0 Å². The molecule has 3 rings (SSSR count). The average Bonchev–Trinajstić information content (AvgIpc) is 2.90. The maximum atomic E-state index is 12.6. The first-order chi connectivity index (χ1) is 9.66. The van der Waals surface area contributed by atoms with Crippen LogP contribution in [0.2, 0.25) is 0 Å². The minimum atomic E-state index is 0.0899. The summed E-state index contributed by atoms with van der Waals surface area (Å²) in [6.45, 7) is 0. The molecule has 1 aromatic carbocycles. The number of rotatable bonds is 2. The summed E-state index contributed by atoms with van der Waals surface area (Å²) in [7, 11) is 1.89. The quantitative estimate of drug-likeness (QED) is 0.747. The highest BCUT2D eigenvalue weighted by Gasteiger charge is 2.30. The van der Waals surface area contributed by atoms with Gasteiger partial charge in [-0.05, 0) is 30.4 Å². The van der Waals surface area contributed by atoms with Gasteiger partial charge in [-0.3, -0.25) is 4.79 Å². The molecule has 0 radical (unpaired) electrons. The Labute approximate surface area is 128 Å². The van der Waals surface area contributed by atoms with E-state index in [0.29, 0.717) is 0 Å². The van der Waals surface area contributed by atoms with E-state index < -0.39 is 0 Å². The Bertz CT molecular complexity index is 591. The third-order valence-corrected chi connectivity index (χ3v) is 5.71. The van der Waals surface area contributed by atoms with Crippen LogP contribution in [-0.4, -0.2) is 29.3 Å². The first kappa shape index (κ1) is 13.9. The van der Waals surface area contributed by atoms with Crippen molar-refractivity contribution in [1.82, 2.24) is 4.90 Å². The Morgan fingerprint density at radius 1 is 1.30 bits per heavy atom. The van der Waals surface area contributed by atoms with Crippen molar-refractivity contribution >= 4 is 38.9 Å². The van der Waals surface area contributed by atoms with E-state index in [-0.39, 0.29) is 17.3 Å². The van der Waals surface area contributed by atoms with Gasteiger partial charge >= 0.3 is 0 Å². The molecule has 0 saturated heterocycles. The van der Waals surface area contributed by atoms with Crippen LogP contribution in [0.4, 0.5) is 0 Å². The van der Waals surface area contributed by atoms with Gasteiger partial charge in [-0.2, -0.15) is 0 Å². The van der Waals surface area contributed by atoms with Gasteiger partial charge in [0.1, 0.15) is 0 Å². The van der Waals surface area contributed by atoms with E-state index in [1.54, 1.807) is 11.3 Å². The van der Waals surface area contributed by atoms with E-state index in [2.05, 4.69) is 6.07 Å². The van der Waals surface area contributed by atoms with Crippen molar-refractivity contribution in [2.45, 2.75) is 37.1 Å². The number of hydrogen-bond acceptors (Lipinski definition) is 2. The van der Waals surface area contributed by atoms with E-state index in [1.165, 1.54) is 6.42 Å². The second kappa shape index (κ2) is 5.74. The van der Waals surface area contributed by atoms with E-state index in [9.17, 15) is 4.79 Å². The molecule has 106 valence electrons. The third-order valence-electron chi connectivity index (χ3n) is 4.10. The predicted molar refractivity (Wildman–Crippen MR) is 85.8 cm³/mol. The summed E-state index contributed by atoms with van der Waals surface area (Å²) in [5, 5.41) is 1.23. The fraction of sp³-hybridized carbons (Fsp3) is 0.438. The molecule has 1 amide bonds. The van der Waals surface area contributed by atoms with Gasteiger partial charge in [-0.1, -0.05) is 31.0 Å². The molecule has 1 aromatic heterocycles. The second-order valence-corrected chi connectivity index (χ2v) is 7.08. The molecule has 0 N–H and O–H groups in total. The molecule has 1 aliphatic carbocycles. The topological polar surface area (TPSA) is 20.3 Å². The molecule has 2 aromatic rings. The largest absolute Gasteiger partial charge is 0.337 e. The molecule has 2 nitrogen and oxygen atoms in total. The highest BCUT2D eigenvalue weighted by molar-refractivity contribution is 7.20. The van der Waals surface area contributed by atoms with Gasteiger partial charge in [-0.25, -0.2) is 0 Å². The highest BCUT2D eigenvalue weighted by Crippen LogP contribution is 2.30. The van der Waals surface area contributed by atoms with Crippen LogP contribution in [0.5, 0.6) is 0 Å². The number of carbonyl (C=O) groups excluding carboxylic acids is 1. The Hall–Kier alpha value is -1.06. The number of carbonyl (C=O) groups is 1. The first-order valence-corrected chi connectivity index (χ1v) is 8.32. The van der Waals surface area contributed by atoms with Crippen LogP contribution in [0.3, 0.4) is 0 Å². The van der Waals surface area contributed by atoms with Crippen LogP contribution in [0.1, 0.15) is 35.4 Å². The normalized spacial score (nSPS) is 22.9. The zero-order valence-electron chi connectivity index (χ0n) is 11.5. The molecule has 1 fully saturated rings. The first-order valence-electron chi connectivity index (χ1n) is 7.06. The third kappa shape index (κ3) is 2.57.